The summed E-state index contributed by atoms with van der Waals surface area (Å²) in [4.78, 5) is 10.4. The molecule has 0 saturated heterocycles. The first-order chi connectivity index (χ1) is 7.74. The third-order valence-electron chi connectivity index (χ3n) is 2.11. The van der Waals surface area contributed by atoms with Crippen molar-refractivity contribution in [2.45, 2.75) is 0 Å². The molecule has 0 radical (unpaired) electrons. The molecule has 2 rings (SSSR count). The summed E-state index contributed by atoms with van der Waals surface area (Å²) in [6, 6.07) is 6.13. The summed E-state index contributed by atoms with van der Waals surface area (Å²) < 4.78 is 9.75. The van der Waals surface area contributed by atoms with Crippen LogP contribution in [0.1, 0.15) is 0 Å². The predicted molar refractivity (Wildman–Crippen MR) is 55.1 cm³/mol. The van der Waals surface area contributed by atoms with Crippen molar-refractivity contribution in [3.8, 4) is 17.0 Å². The standard InChI is InChI=1S/C10H8N2O4/c1-15-9-4-2-3-8(12(13)14)10(9)7-5-6-16-11-7/h2-6H,1H3. The van der Waals surface area contributed by atoms with Crippen molar-refractivity contribution >= 4 is 5.69 Å². The van der Waals surface area contributed by atoms with Gasteiger partial charge in [-0.05, 0) is 6.07 Å². The van der Waals surface area contributed by atoms with E-state index in [1.807, 2.05) is 0 Å². The number of aromatic nitrogens is 1. The van der Waals surface area contributed by atoms with E-state index >= 15 is 0 Å². The molecule has 1 aromatic heterocycles. The lowest BCUT2D eigenvalue weighted by atomic mass is 10.1. The average molecular weight is 220 g/mol. The second-order valence-corrected chi connectivity index (χ2v) is 3.00. The molecular formula is C10H8N2O4. The number of ether oxygens (including phenoxy) is 1. The van der Waals surface area contributed by atoms with Gasteiger partial charge in [0, 0.05) is 12.1 Å². The van der Waals surface area contributed by atoms with Crippen LogP contribution in [0.15, 0.2) is 35.1 Å². The van der Waals surface area contributed by atoms with Crippen LogP contribution in [0, 0.1) is 10.1 Å². The lowest BCUT2D eigenvalue weighted by Gasteiger charge is -2.05. The Balaban J connectivity index is 2.68. The van der Waals surface area contributed by atoms with Crippen LogP contribution in [-0.4, -0.2) is 17.2 Å². The zero-order chi connectivity index (χ0) is 11.5. The fraction of sp³-hybridized carbons (Fsp3) is 0.100. The van der Waals surface area contributed by atoms with Gasteiger partial charge in [0.05, 0.1) is 12.0 Å². The number of nitro benzene ring substituents is 1. The number of methoxy groups -OCH3 is 1. The van der Waals surface area contributed by atoms with E-state index in [4.69, 9.17) is 4.74 Å². The van der Waals surface area contributed by atoms with Gasteiger partial charge in [0.25, 0.3) is 5.69 Å². The van der Waals surface area contributed by atoms with Crippen molar-refractivity contribution in [3.63, 3.8) is 0 Å². The van der Waals surface area contributed by atoms with E-state index in [0.717, 1.165) is 0 Å². The van der Waals surface area contributed by atoms with Crippen LogP contribution in [-0.2, 0) is 0 Å². The van der Waals surface area contributed by atoms with Gasteiger partial charge in [0.2, 0.25) is 0 Å². The molecule has 0 bridgehead atoms. The van der Waals surface area contributed by atoms with Gasteiger partial charge in [-0.15, -0.1) is 0 Å². The first-order valence-electron chi connectivity index (χ1n) is 4.46. The smallest absolute Gasteiger partial charge is 0.282 e. The third-order valence-corrected chi connectivity index (χ3v) is 2.11. The number of nitro groups is 1. The van der Waals surface area contributed by atoms with Crippen molar-refractivity contribution in [3.05, 3.63) is 40.6 Å². The van der Waals surface area contributed by atoms with Gasteiger partial charge in [0.1, 0.15) is 23.3 Å². The van der Waals surface area contributed by atoms with E-state index < -0.39 is 4.92 Å². The molecule has 0 fully saturated rings. The fourth-order valence-electron chi connectivity index (χ4n) is 1.44. The zero-order valence-electron chi connectivity index (χ0n) is 8.41. The maximum Gasteiger partial charge on any atom is 0.282 e. The zero-order valence-corrected chi connectivity index (χ0v) is 8.41. The second-order valence-electron chi connectivity index (χ2n) is 3.00. The molecule has 16 heavy (non-hydrogen) atoms. The van der Waals surface area contributed by atoms with Gasteiger partial charge in [-0.2, -0.15) is 0 Å². The van der Waals surface area contributed by atoms with Crippen LogP contribution in [0.2, 0.25) is 0 Å². The van der Waals surface area contributed by atoms with E-state index in [0.29, 0.717) is 17.0 Å². The molecule has 0 amide bonds. The highest BCUT2D eigenvalue weighted by Crippen LogP contribution is 2.36. The monoisotopic (exact) mass is 220 g/mol. The Morgan fingerprint density at radius 2 is 2.25 bits per heavy atom. The lowest BCUT2D eigenvalue weighted by Crippen LogP contribution is -1.95. The molecular weight excluding hydrogens is 212 g/mol. The van der Waals surface area contributed by atoms with Gasteiger partial charge >= 0.3 is 0 Å². The molecule has 0 N–H and O–H groups in total. The topological polar surface area (TPSA) is 78.4 Å². The molecule has 6 nitrogen and oxygen atoms in total. The van der Waals surface area contributed by atoms with Crippen molar-refractivity contribution in [1.82, 2.24) is 5.16 Å². The molecule has 0 aliphatic carbocycles. The molecule has 6 heteroatoms. The first-order valence-corrected chi connectivity index (χ1v) is 4.46. The highest BCUT2D eigenvalue weighted by atomic mass is 16.6. The van der Waals surface area contributed by atoms with E-state index in [2.05, 4.69) is 9.68 Å². The molecule has 2 aromatic rings. The number of hydrogen-bond acceptors (Lipinski definition) is 5. The summed E-state index contributed by atoms with van der Waals surface area (Å²) in [5.74, 6) is 0.392. The van der Waals surface area contributed by atoms with Crippen molar-refractivity contribution in [2.75, 3.05) is 7.11 Å². The Bertz CT molecular complexity index is 508. The Morgan fingerprint density at radius 3 is 2.81 bits per heavy atom. The fourth-order valence-corrected chi connectivity index (χ4v) is 1.44. The van der Waals surface area contributed by atoms with Crippen molar-refractivity contribution in [2.24, 2.45) is 0 Å². The van der Waals surface area contributed by atoms with Crippen LogP contribution in [0.3, 0.4) is 0 Å². The van der Waals surface area contributed by atoms with Crippen LogP contribution >= 0.6 is 0 Å². The summed E-state index contributed by atoms with van der Waals surface area (Å²) in [6.07, 6.45) is 1.35. The predicted octanol–water partition coefficient (Wildman–Crippen LogP) is 2.26. The van der Waals surface area contributed by atoms with Crippen LogP contribution in [0.25, 0.3) is 11.3 Å². The number of hydrogen-bond donors (Lipinski definition) is 0. The number of benzene rings is 1. The quantitative estimate of drug-likeness (QED) is 0.585. The summed E-state index contributed by atoms with van der Waals surface area (Å²) in [5, 5.41) is 14.6. The Hall–Kier alpha value is -2.37. The van der Waals surface area contributed by atoms with Crippen LogP contribution in [0.4, 0.5) is 5.69 Å². The summed E-state index contributed by atoms with van der Waals surface area (Å²) in [7, 11) is 1.45. The SMILES string of the molecule is COc1cccc([N+](=O)[O-])c1-c1ccon1. The van der Waals surface area contributed by atoms with E-state index in [-0.39, 0.29) is 5.69 Å². The van der Waals surface area contributed by atoms with Gasteiger partial charge < -0.3 is 9.26 Å². The third kappa shape index (κ3) is 1.60. The highest BCUT2D eigenvalue weighted by molar-refractivity contribution is 5.76. The first kappa shape index (κ1) is 10.2. The molecule has 0 atom stereocenters. The Labute approximate surface area is 90.6 Å². The maximum atomic E-state index is 10.9. The summed E-state index contributed by atoms with van der Waals surface area (Å²) in [6.45, 7) is 0. The minimum Gasteiger partial charge on any atom is -0.496 e. The largest absolute Gasteiger partial charge is 0.496 e. The van der Waals surface area contributed by atoms with Gasteiger partial charge in [0.15, 0.2) is 0 Å². The second kappa shape index (κ2) is 4.01. The van der Waals surface area contributed by atoms with E-state index in [1.54, 1.807) is 18.2 Å². The summed E-state index contributed by atoms with van der Waals surface area (Å²) >= 11 is 0. The molecule has 0 aliphatic rings. The van der Waals surface area contributed by atoms with Crippen LogP contribution < -0.4 is 4.74 Å². The highest BCUT2D eigenvalue weighted by Gasteiger charge is 2.21. The maximum absolute atomic E-state index is 10.9. The number of rotatable bonds is 3. The summed E-state index contributed by atoms with van der Waals surface area (Å²) in [5.41, 5.74) is 0.640. The lowest BCUT2D eigenvalue weighted by molar-refractivity contribution is -0.384. The molecule has 0 unspecified atom stereocenters. The average Bonchev–Trinajstić information content (AvgIpc) is 2.81. The van der Waals surface area contributed by atoms with Crippen molar-refractivity contribution in [1.29, 1.82) is 0 Å². The van der Waals surface area contributed by atoms with E-state index in [9.17, 15) is 10.1 Å². The molecule has 0 saturated carbocycles. The van der Waals surface area contributed by atoms with Crippen molar-refractivity contribution < 1.29 is 14.2 Å². The van der Waals surface area contributed by atoms with Gasteiger partial charge in [-0.25, -0.2) is 0 Å². The van der Waals surface area contributed by atoms with Gasteiger partial charge in [-0.1, -0.05) is 11.2 Å². The normalized spacial score (nSPS) is 10.1. The Kier molecular flexibility index (Phi) is 2.55. The molecule has 1 heterocycles. The molecule has 82 valence electrons. The van der Waals surface area contributed by atoms with Crippen LogP contribution in [0.5, 0.6) is 5.75 Å². The van der Waals surface area contributed by atoms with Gasteiger partial charge in [-0.3, -0.25) is 10.1 Å². The molecule has 0 aliphatic heterocycles. The molecule has 0 spiro atoms. The van der Waals surface area contributed by atoms with E-state index in [1.165, 1.54) is 19.4 Å². The minimum absolute atomic E-state index is 0.0618. The number of nitrogens with zero attached hydrogens (tertiary/aromatic N) is 2. The Morgan fingerprint density at radius 1 is 1.44 bits per heavy atom. The minimum atomic E-state index is -0.480. The molecule has 1 aromatic carbocycles.